The van der Waals surface area contributed by atoms with E-state index >= 15 is 0 Å². The van der Waals surface area contributed by atoms with E-state index in [0.29, 0.717) is 26.3 Å². The van der Waals surface area contributed by atoms with Crippen molar-refractivity contribution in [2.24, 2.45) is 4.40 Å². The molecule has 8 nitrogen and oxygen atoms in total. The van der Waals surface area contributed by atoms with Gasteiger partial charge in [0.1, 0.15) is 0 Å². The highest BCUT2D eigenvalue weighted by molar-refractivity contribution is 7.90. The number of carbonyl (C=O) groups excluding carboxylic acids is 1. The maximum atomic E-state index is 12.9. The van der Waals surface area contributed by atoms with Crippen molar-refractivity contribution in [1.29, 1.82) is 0 Å². The molecule has 10 heteroatoms. The number of ether oxygens (including phenoxy) is 1. The average molecular weight is 423 g/mol. The van der Waals surface area contributed by atoms with Crippen LogP contribution in [0.5, 0.6) is 0 Å². The number of nitrogens with zero attached hydrogens (tertiary/aromatic N) is 3. The topological polar surface area (TPSA) is 91.3 Å². The fourth-order valence-electron chi connectivity index (χ4n) is 3.46. The highest BCUT2D eigenvalue weighted by atomic mass is 32.2. The second-order valence-corrected chi connectivity index (χ2v) is 9.44. The highest BCUT2D eigenvalue weighted by Crippen LogP contribution is 2.26. The van der Waals surface area contributed by atoms with Crippen LogP contribution in [0.2, 0.25) is 0 Å². The zero-order valence-electron chi connectivity index (χ0n) is 15.3. The summed E-state index contributed by atoms with van der Waals surface area (Å²) >= 11 is 1.66. The van der Waals surface area contributed by atoms with E-state index in [1.165, 1.54) is 4.88 Å². The molecule has 0 aromatic carbocycles. The summed E-state index contributed by atoms with van der Waals surface area (Å²) < 4.78 is 33.0. The summed E-state index contributed by atoms with van der Waals surface area (Å²) in [6, 6.07) is 4.13. The quantitative estimate of drug-likeness (QED) is 0.753. The van der Waals surface area contributed by atoms with Crippen LogP contribution < -0.4 is 5.32 Å². The van der Waals surface area contributed by atoms with Gasteiger partial charge in [-0.2, -0.15) is 0 Å². The van der Waals surface area contributed by atoms with Crippen molar-refractivity contribution < 1.29 is 17.9 Å². The van der Waals surface area contributed by atoms with Crippen molar-refractivity contribution in [1.82, 2.24) is 15.1 Å². The fraction of sp³-hybridized carbons (Fsp3) is 0.444. The number of hydrogen-bond acceptors (Lipinski definition) is 7. The lowest BCUT2D eigenvalue weighted by atomic mass is 10.1. The average Bonchev–Trinajstić information content (AvgIpc) is 3.22. The molecular formula is C18H22N4O4S2. The van der Waals surface area contributed by atoms with Gasteiger partial charge in [-0.15, -0.1) is 15.7 Å². The van der Waals surface area contributed by atoms with Crippen molar-refractivity contribution in [3.05, 3.63) is 46.3 Å². The van der Waals surface area contributed by atoms with Crippen LogP contribution in [-0.2, 0) is 19.6 Å². The zero-order chi connectivity index (χ0) is 19.6. The van der Waals surface area contributed by atoms with Gasteiger partial charge < -0.3 is 15.0 Å². The summed E-state index contributed by atoms with van der Waals surface area (Å²) in [6.07, 6.45) is 5.09. The largest absolute Gasteiger partial charge is 0.379 e. The van der Waals surface area contributed by atoms with Crippen molar-refractivity contribution in [2.45, 2.75) is 6.04 Å². The normalized spacial score (nSPS) is 22.8. The SMILES string of the molecule is O=C(NCC(c1cccs1)N1CCOCC1)C1=CC=CN2CCS(=O)(=O)N=C12. The Kier molecular flexibility index (Phi) is 5.63. The molecule has 1 amide bonds. The van der Waals surface area contributed by atoms with E-state index in [1.54, 1.807) is 34.6 Å². The highest BCUT2D eigenvalue weighted by Gasteiger charge is 2.31. The maximum absolute atomic E-state index is 12.9. The molecule has 1 saturated heterocycles. The number of sulfonamides is 1. The lowest BCUT2D eigenvalue weighted by molar-refractivity contribution is -0.117. The van der Waals surface area contributed by atoms with E-state index < -0.39 is 10.0 Å². The lowest BCUT2D eigenvalue weighted by Crippen LogP contribution is -2.46. The van der Waals surface area contributed by atoms with Gasteiger partial charge in [0.25, 0.3) is 15.9 Å². The molecule has 0 aliphatic carbocycles. The Labute approximate surface area is 168 Å². The van der Waals surface area contributed by atoms with Gasteiger partial charge in [0, 0.05) is 37.3 Å². The number of carbonyl (C=O) groups is 1. The van der Waals surface area contributed by atoms with Gasteiger partial charge in [0.15, 0.2) is 5.84 Å². The third-order valence-corrected chi connectivity index (χ3v) is 7.04. The van der Waals surface area contributed by atoms with E-state index in [0.717, 1.165) is 13.1 Å². The van der Waals surface area contributed by atoms with E-state index in [9.17, 15) is 13.2 Å². The van der Waals surface area contributed by atoms with Gasteiger partial charge >= 0.3 is 0 Å². The molecule has 0 radical (unpaired) electrons. The zero-order valence-corrected chi connectivity index (χ0v) is 16.9. The monoisotopic (exact) mass is 422 g/mol. The number of morpholine rings is 1. The minimum atomic E-state index is -3.53. The van der Waals surface area contributed by atoms with Crippen LogP contribution in [0, 0.1) is 0 Å². The molecule has 3 aliphatic heterocycles. The van der Waals surface area contributed by atoms with Crippen LogP contribution in [0.15, 0.2) is 45.8 Å². The summed E-state index contributed by atoms with van der Waals surface area (Å²) in [7, 11) is -3.53. The Bertz CT molecular complexity index is 915. The first-order valence-corrected chi connectivity index (χ1v) is 11.6. The van der Waals surface area contributed by atoms with Crippen LogP contribution in [0.3, 0.4) is 0 Å². The maximum Gasteiger partial charge on any atom is 0.256 e. The Hall–Kier alpha value is -2.01. The number of amidine groups is 1. The second kappa shape index (κ2) is 8.16. The third-order valence-electron chi connectivity index (χ3n) is 4.92. The molecule has 1 fully saturated rings. The van der Waals surface area contributed by atoms with Gasteiger partial charge in [0.2, 0.25) is 0 Å². The molecule has 1 unspecified atom stereocenters. The van der Waals surface area contributed by atoms with Gasteiger partial charge in [-0.05, 0) is 23.6 Å². The molecule has 4 heterocycles. The molecule has 1 N–H and O–H groups in total. The van der Waals surface area contributed by atoms with Crippen LogP contribution in [0.25, 0.3) is 0 Å². The summed E-state index contributed by atoms with van der Waals surface area (Å²) in [5, 5.41) is 5.01. The molecule has 28 heavy (non-hydrogen) atoms. The Morgan fingerprint density at radius 2 is 2.14 bits per heavy atom. The number of nitrogens with one attached hydrogen (secondary N) is 1. The lowest BCUT2D eigenvalue weighted by Gasteiger charge is -2.34. The van der Waals surface area contributed by atoms with Crippen LogP contribution >= 0.6 is 11.3 Å². The molecule has 0 bridgehead atoms. The first-order valence-electron chi connectivity index (χ1n) is 9.15. The Balaban J connectivity index is 1.50. The van der Waals surface area contributed by atoms with Crippen LogP contribution in [0.1, 0.15) is 10.9 Å². The number of hydrogen-bond donors (Lipinski definition) is 1. The molecule has 4 rings (SSSR count). The Morgan fingerprint density at radius 1 is 1.32 bits per heavy atom. The van der Waals surface area contributed by atoms with Crippen molar-refractivity contribution in [3.63, 3.8) is 0 Å². The number of thiophene rings is 1. The third kappa shape index (κ3) is 4.19. The Morgan fingerprint density at radius 3 is 2.89 bits per heavy atom. The molecule has 1 atom stereocenters. The van der Waals surface area contributed by atoms with Gasteiger partial charge in [-0.1, -0.05) is 6.07 Å². The molecule has 1 aromatic rings. The second-order valence-electron chi connectivity index (χ2n) is 6.71. The van der Waals surface area contributed by atoms with Crippen molar-refractivity contribution in [2.75, 3.05) is 45.1 Å². The number of amides is 1. The van der Waals surface area contributed by atoms with Gasteiger partial charge in [-0.25, -0.2) is 8.42 Å². The minimum Gasteiger partial charge on any atom is -0.379 e. The summed E-state index contributed by atoms with van der Waals surface area (Å²) in [5.74, 6) is -0.168. The number of rotatable bonds is 5. The van der Waals surface area contributed by atoms with E-state index in [4.69, 9.17) is 4.74 Å². The molecule has 150 valence electrons. The molecular weight excluding hydrogens is 400 g/mol. The molecule has 3 aliphatic rings. The number of allylic oxidation sites excluding steroid dienone is 2. The van der Waals surface area contributed by atoms with E-state index in [2.05, 4.69) is 20.7 Å². The van der Waals surface area contributed by atoms with Gasteiger partial charge in [0.05, 0.1) is 30.6 Å². The summed E-state index contributed by atoms with van der Waals surface area (Å²) in [6.45, 7) is 3.70. The van der Waals surface area contributed by atoms with Gasteiger partial charge in [-0.3, -0.25) is 9.69 Å². The van der Waals surface area contributed by atoms with Crippen LogP contribution in [-0.4, -0.2) is 75.1 Å². The van der Waals surface area contributed by atoms with E-state index in [-0.39, 0.29) is 29.1 Å². The van der Waals surface area contributed by atoms with Crippen molar-refractivity contribution >= 4 is 33.1 Å². The predicted octanol–water partition coefficient (Wildman–Crippen LogP) is 0.735. The summed E-state index contributed by atoms with van der Waals surface area (Å²) in [4.78, 5) is 18.1. The molecule has 0 saturated carbocycles. The fourth-order valence-corrected chi connectivity index (χ4v) is 5.30. The minimum absolute atomic E-state index is 0.0484. The molecule has 0 spiro atoms. The number of fused-ring (bicyclic) bond motifs is 1. The standard InChI is InChI=1S/C18H22N4O4S2/c23-18(14-3-1-5-22-8-12-28(24,25)20-17(14)22)19-13-15(16-4-2-11-27-16)21-6-9-26-10-7-21/h1-5,11,15H,6-10,12-13H2,(H,19,23). The first-order chi connectivity index (χ1) is 13.5. The van der Waals surface area contributed by atoms with Crippen molar-refractivity contribution in [3.8, 4) is 0 Å². The molecule has 1 aromatic heterocycles. The first kappa shape index (κ1) is 19.3. The smallest absolute Gasteiger partial charge is 0.256 e. The summed E-state index contributed by atoms with van der Waals surface area (Å²) in [5.41, 5.74) is 0.276. The predicted molar refractivity (Wildman–Crippen MR) is 108 cm³/mol. The van der Waals surface area contributed by atoms with E-state index in [1.807, 2.05) is 11.4 Å². The van der Waals surface area contributed by atoms with Crippen LogP contribution in [0.4, 0.5) is 0 Å².